The predicted octanol–water partition coefficient (Wildman–Crippen LogP) is 1.87. The largest absolute Gasteiger partial charge is 0.497 e. The molecule has 0 unspecified atom stereocenters. The maximum Gasteiger partial charge on any atom is 0.257 e. The number of carbonyl (C=O) groups is 2. The Morgan fingerprint density at radius 2 is 2.04 bits per heavy atom. The molecule has 2 aliphatic rings. The van der Waals surface area contributed by atoms with Crippen molar-refractivity contribution in [2.24, 2.45) is 0 Å². The summed E-state index contributed by atoms with van der Waals surface area (Å²) >= 11 is 0. The van der Waals surface area contributed by atoms with Crippen molar-refractivity contribution in [1.82, 2.24) is 15.1 Å². The molecule has 154 valence electrons. The third-order valence-corrected chi connectivity index (χ3v) is 5.59. The van der Waals surface area contributed by atoms with Gasteiger partial charge in [-0.15, -0.1) is 0 Å². The Labute approximate surface area is 167 Å². The number of nitrogens with zero attached hydrogens (tertiary/aromatic N) is 2. The second-order valence-corrected chi connectivity index (χ2v) is 7.84. The first-order valence-corrected chi connectivity index (χ1v) is 10.0. The van der Waals surface area contributed by atoms with E-state index < -0.39 is 11.8 Å². The molecule has 1 spiro atoms. The molecule has 7 heteroatoms. The zero-order chi connectivity index (χ0) is 20.1. The first-order valence-electron chi connectivity index (χ1n) is 10.0. The van der Waals surface area contributed by atoms with Crippen molar-refractivity contribution >= 4 is 11.8 Å². The number of hydrogen-bond acceptors (Lipinski definition) is 5. The van der Waals surface area contributed by atoms with Gasteiger partial charge in [0.2, 0.25) is 5.91 Å². The van der Waals surface area contributed by atoms with Crippen LogP contribution in [0.1, 0.15) is 42.5 Å². The molecule has 1 aliphatic heterocycles. The minimum absolute atomic E-state index is 0.152. The summed E-state index contributed by atoms with van der Waals surface area (Å²) < 4.78 is 11.4. The molecular formula is C21H31N3O4. The number of carbonyl (C=O) groups excluding carboxylic acids is 2. The van der Waals surface area contributed by atoms with Gasteiger partial charge in [-0.2, -0.15) is 0 Å². The van der Waals surface area contributed by atoms with E-state index >= 15 is 0 Å². The maximum absolute atomic E-state index is 13.5. The lowest BCUT2D eigenvalue weighted by Gasteiger charge is -2.41. The van der Waals surface area contributed by atoms with E-state index in [0.717, 1.165) is 38.6 Å². The zero-order valence-corrected chi connectivity index (χ0v) is 17.1. The molecule has 1 heterocycles. The van der Waals surface area contributed by atoms with Crippen LogP contribution in [0, 0.1) is 0 Å². The SMILES string of the molecule is COc1cccc(C(=O)N2[C@H](C(=O)NCCN(C)C)COC23CCCCC3)c1. The van der Waals surface area contributed by atoms with Crippen LogP contribution in [-0.4, -0.2) is 74.3 Å². The highest BCUT2D eigenvalue weighted by molar-refractivity contribution is 5.98. The van der Waals surface area contributed by atoms with Crippen LogP contribution in [0.15, 0.2) is 24.3 Å². The molecule has 7 nitrogen and oxygen atoms in total. The quantitative estimate of drug-likeness (QED) is 0.804. The highest BCUT2D eigenvalue weighted by atomic mass is 16.5. The number of hydrogen-bond donors (Lipinski definition) is 1. The number of likely N-dealkylation sites (N-methyl/N-ethyl adjacent to an activating group) is 1. The Morgan fingerprint density at radius 3 is 2.71 bits per heavy atom. The number of rotatable bonds is 6. The van der Waals surface area contributed by atoms with Gasteiger partial charge in [0, 0.05) is 18.7 Å². The van der Waals surface area contributed by atoms with Gasteiger partial charge in [-0.1, -0.05) is 12.5 Å². The molecule has 1 aromatic carbocycles. The van der Waals surface area contributed by atoms with Crippen molar-refractivity contribution in [1.29, 1.82) is 0 Å². The molecule has 3 rings (SSSR count). The van der Waals surface area contributed by atoms with Crippen LogP contribution in [0.5, 0.6) is 5.75 Å². The molecule has 0 aromatic heterocycles. The van der Waals surface area contributed by atoms with Gasteiger partial charge < -0.3 is 19.7 Å². The van der Waals surface area contributed by atoms with E-state index in [4.69, 9.17) is 9.47 Å². The molecule has 0 bridgehead atoms. The molecule has 1 saturated carbocycles. The Bertz CT molecular complexity index is 701. The van der Waals surface area contributed by atoms with E-state index in [1.807, 2.05) is 19.0 Å². The minimum Gasteiger partial charge on any atom is -0.497 e. The minimum atomic E-state index is -0.679. The zero-order valence-electron chi connectivity index (χ0n) is 17.1. The summed E-state index contributed by atoms with van der Waals surface area (Å²) in [6.07, 6.45) is 4.66. The third kappa shape index (κ3) is 4.31. The Hall–Kier alpha value is -2.12. The maximum atomic E-state index is 13.5. The second kappa shape index (κ2) is 8.92. The normalized spacial score (nSPS) is 21.1. The highest BCUT2D eigenvalue weighted by Crippen LogP contribution is 2.41. The molecule has 1 N–H and O–H groups in total. The number of ether oxygens (including phenoxy) is 2. The van der Waals surface area contributed by atoms with Gasteiger partial charge >= 0.3 is 0 Å². The monoisotopic (exact) mass is 389 g/mol. The average molecular weight is 389 g/mol. The molecule has 1 saturated heterocycles. The van der Waals surface area contributed by atoms with Crippen molar-refractivity contribution in [3.05, 3.63) is 29.8 Å². The van der Waals surface area contributed by atoms with Crippen molar-refractivity contribution in [3.8, 4) is 5.75 Å². The summed E-state index contributed by atoms with van der Waals surface area (Å²) in [6, 6.07) is 6.47. The first kappa shape index (κ1) is 20.6. The van der Waals surface area contributed by atoms with Crippen LogP contribution in [0.25, 0.3) is 0 Å². The van der Waals surface area contributed by atoms with Crippen LogP contribution in [0.2, 0.25) is 0 Å². The van der Waals surface area contributed by atoms with E-state index in [0.29, 0.717) is 17.9 Å². The molecular weight excluding hydrogens is 358 g/mol. The van der Waals surface area contributed by atoms with E-state index in [-0.39, 0.29) is 18.4 Å². The fourth-order valence-corrected chi connectivity index (χ4v) is 4.09. The summed E-state index contributed by atoms with van der Waals surface area (Å²) in [7, 11) is 5.49. The van der Waals surface area contributed by atoms with Crippen molar-refractivity contribution < 1.29 is 19.1 Å². The van der Waals surface area contributed by atoms with E-state index in [2.05, 4.69) is 5.32 Å². The topological polar surface area (TPSA) is 71.1 Å². The van der Waals surface area contributed by atoms with Gasteiger partial charge in [0.25, 0.3) is 5.91 Å². The number of nitrogens with one attached hydrogen (secondary N) is 1. The summed E-state index contributed by atoms with van der Waals surface area (Å²) in [5.74, 6) is 0.294. The predicted molar refractivity (Wildman–Crippen MR) is 106 cm³/mol. The lowest BCUT2D eigenvalue weighted by Crippen LogP contribution is -2.56. The molecule has 28 heavy (non-hydrogen) atoms. The third-order valence-electron chi connectivity index (χ3n) is 5.59. The summed E-state index contributed by atoms with van der Waals surface area (Å²) in [6.45, 7) is 1.52. The lowest BCUT2D eigenvalue weighted by molar-refractivity contribution is -0.127. The van der Waals surface area contributed by atoms with E-state index in [1.54, 1.807) is 36.3 Å². The second-order valence-electron chi connectivity index (χ2n) is 7.84. The molecule has 2 amide bonds. The van der Waals surface area contributed by atoms with E-state index in [1.165, 1.54) is 0 Å². The number of methoxy groups -OCH3 is 1. The fourth-order valence-electron chi connectivity index (χ4n) is 4.09. The molecule has 2 fully saturated rings. The van der Waals surface area contributed by atoms with Gasteiger partial charge in [-0.05, 0) is 58.0 Å². The van der Waals surface area contributed by atoms with Gasteiger partial charge in [0.15, 0.2) is 0 Å². The van der Waals surface area contributed by atoms with Gasteiger partial charge in [-0.25, -0.2) is 0 Å². The van der Waals surface area contributed by atoms with Crippen molar-refractivity contribution in [2.75, 3.05) is 40.9 Å². The fraction of sp³-hybridized carbons (Fsp3) is 0.619. The standard InChI is InChI=1S/C21H31N3O4/c1-23(2)13-12-22-19(25)18-15-28-21(10-5-4-6-11-21)24(18)20(26)16-8-7-9-17(14-16)27-3/h7-9,14,18H,4-6,10-13,15H2,1-3H3,(H,22,25)/t18-/m0/s1. The number of amides is 2. The molecule has 1 aromatic rings. The van der Waals surface area contributed by atoms with Crippen molar-refractivity contribution in [3.63, 3.8) is 0 Å². The Morgan fingerprint density at radius 1 is 1.29 bits per heavy atom. The Balaban J connectivity index is 1.85. The molecule has 0 radical (unpaired) electrons. The van der Waals surface area contributed by atoms with Crippen LogP contribution >= 0.6 is 0 Å². The van der Waals surface area contributed by atoms with Gasteiger partial charge in [0.1, 0.15) is 17.5 Å². The lowest BCUT2D eigenvalue weighted by atomic mass is 9.89. The highest BCUT2D eigenvalue weighted by Gasteiger charge is 2.52. The summed E-state index contributed by atoms with van der Waals surface area (Å²) in [4.78, 5) is 30.1. The Kier molecular flexibility index (Phi) is 6.57. The van der Waals surface area contributed by atoms with E-state index in [9.17, 15) is 9.59 Å². The van der Waals surface area contributed by atoms with Gasteiger partial charge in [-0.3, -0.25) is 14.5 Å². The smallest absolute Gasteiger partial charge is 0.257 e. The molecule has 1 atom stereocenters. The first-order chi connectivity index (χ1) is 13.5. The van der Waals surface area contributed by atoms with Crippen molar-refractivity contribution in [2.45, 2.75) is 43.9 Å². The van der Waals surface area contributed by atoms with Crippen LogP contribution in [0.3, 0.4) is 0 Å². The number of benzene rings is 1. The summed E-state index contributed by atoms with van der Waals surface area (Å²) in [5.41, 5.74) is -0.164. The van der Waals surface area contributed by atoms with Crippen LogP contribution in [-0.2, 0) is 9.53 Å². The van der Waals surface area contributed by atoms with Crippen LogP contribution < -0.4 is 10.1 Å². The van der Waals surface area contributed by atoms with Crippen LogP contribution in [0.4, 0.5) is 0 Å². The average Bonchev–Trinajstić information content (AvgIpc) is 3.06. The molecule has 1 aliphatic carbocycles. The summed E-state index contributed by atoms with van der Waals surface area (Å²) in [5, 5.41) is 2.96. The van der Waals surface area contributed by atoms with Gasteiger partial charge in [0.05, 0.1) is 13.7 Å².